The highest BCUT2D eigenvalue weighted by Gasteiger charge is 2.37. The van der Waals surface area contributed by atoms with E-state index in [1.807, 2.05) is 36.4 Å². The first-order valence-corrected chi connectivity index (χ1v) is 25.6. The van der Waals surface area contributed by atoms with Crippen molar-refractivity contribution in [3.05, 3.63) is 161 Å². The van der Waals surface area contributed by atoms with Gasteiger partial charge in [-0.1, -0.05) is 79.2 Å². The molecule has 9 rings (SSSR count). The van der Waals surface area contributed by atoms with Crippen LogP contribution in [0.3, 0.4) is 0 Å². The zero-order valence-electron chi connectivity index (χ0n) is 37.0. The molecule has 4 aliphatic rings. The van der Waals surface area contributed by atoms with E-state index in [9.17, 15) is 39.6 Å². The first-order valence-electron chi connectivity index (χ1n) is 22.7. The van der Waals surface area contributed by atoms with E-state index >= 15 is 0 Å². The summed E-state index contributed by atoms with van der Waals surface area (Å²) in [5.74, 6) is -0.502. The quantitative estimate of drug-likeness (QED) is 0.139. The smallest absolute Gasteiger partial charge is 0.351 e. The molecule has 4 saturated heterocycles. The van der Waals surface area contributed by atoms with Crippen molar-refractivity contribution in [2.75, 3.05) is 63.6 Å². The van der Waals surface area contributed by atoms with Gasteiger partial charge in [0, 0.05) is 80.6 Å². The summed E-state index contributed by atoms with van der Waals surface area (Å²) in [7, 11) is -7.72. The third kappa shape index (κ3) is 11.6. The second kappa shape index (κ2) is 20.7. The van der Waals surface area contributed by atoms with E-state index in [2.05, 4.69) is 44.1 Å². The lowest BCUT2D eigenvalue weighted by atomic mass is 9.91. The molecule has 0 spiro atoms. The number of hydrogen-bond donors (Lipinski definition) is 2. The summed E-state index contributed by atoms with van der Waals surface area (Å²) < 4.78 is 94.2. The van der Waals surface area contributed by atoms with Gasteiger partial charge in [0.05, 0.1) is 15.4 Å². The molecule has 4 fully saturated rings. The highest BCUT2D eigenvalue weighted by Crippen LogP contribution is 2.31. The number of nitrogens with one attached hydrogen (secondary N) is 2. The van der Waals surface area contributed by atoms with Crippen LogP contribution < -0.4 is 10.0 Å². The number of nitrogens with zero attached hydrogens (tertiary/aromatic N) is 4. The maximum Gasteiger partial charge on any atom is 0.416 e. The van der Waals surface area contributed by atoms with E-state index in [1.54, 1.807) is 33.5 Å². The molecule has 4 heterocycles. The van der Waals surface area contributed by atoms with Crippen LogP contribution in [-0.2, 0) is 26.2 Å². The van der Waals surface area contributed by atoms with Crippen molar-refractivity contribution in [1.82, 2.24) is 24.3 Å². The maximum atomic E-state index is 13.4. The number of carbonyl (C=O) groups is 2. The Hall–Kier alpha value is -5.59. The van der Waals surface area contributed by atoms with Gasteiger partial charge in [-0.05, 0) is 111 Å². The van der Waals surface area contributed by atoms with Gasteiger partial charge in [0.25, 0.3) is 21.8 Å². The standard InChI is InChI=1S/C28H31N3O3S.C22H24F3N3O3S/c32-28(29-20-27(22-9-3-1-4-10-22)23-11-5-2-6-12-23)24-13-7-15-26(19-24)35(33,34)31-18-17-30-16-8-14-25(30)21-31;23-22(24,25)17-7-9-18(10-8-17)26-32(30,31)20-6-3-4-16(14-20)21(29)28-13-12-27-11-2-1-5-19(27)15-28/h1-7,9-13,15,19,25,27H,8,14,16-18,20-21H2,(H,29,32);3-4,6-10,14,19,26H,1-2,5,11-13,15H2. The molecule has 5 aromatic carbocycles. The molecule has 0 aromatic heterocycles. The number of anilines is 1. The van der Waals surface area contributed by atoms with Crippen molar-refractivity contribution >= 4 is 37.5 Å². The minimum atomic E-state index is -4.50. The highest BCUT2D eigenvalue weighted by molar-refractivity contribution is 7.92. The van der Waals surface area contributed by atoms with Gasteiger partial charge in [0.1, 0.15) is 0 Å². The molecule has 17 heteroatoms. The molecule has 0 aliphatic carbocycles. The molecule has 4 aliphatic heterocycles. The van der Waals surface area contributed by atoms with Crippen LogP contribution in [0.25, 0.3) is 0 Å². The fourth-order valence-corrected chi connectivity index (χ4v) is 12.1. The average Bonchev–Trinajstić information content (AvgIpc) is 3.83. The first kappa shape index (κ1) is 47.9. The lowest BCUT2D eigenvalue weighted by molar-refractivity contribution is -0.137. The molecule has 354 valence electrons. The lowest BCUT2D eigenvalue weighted by Crippen LogP contribution is -2.56. The topological polar surface area (TPSA) is 139 Å². The van der Waals surface area contributed by atoms with Crippen LogP contribution in [0.4, 0.5) is 18.9 Å². The molecule has 5 aromatic rings. The molecule has 0 radical (unpaired) electrons. The van der Waals surface area contributed by atoms with Gasteiger partial charge in [-0.2, -0.15) is 17.5 Å². The zero-order chi connectivity index (χ0) is 47.2. The van der Waals surface area contributed by atoms with Crippen LogP contribution >= 0.6 is 0 Å². The number of piperidine rings is 1. The monoisotopic (exact) mass is 956 g/mol. The SMILES string of the molecule is O=C(NCC(c1ccccc1)c1ccccc1)c1cccc(S(=O)(=O)N2CCN3CCCC3C2)c1.O=C(c1cccc(S(=O)(=O)Nc2ccc(C(F)(F)F)cc2)c1)N1CCN2CCCCC2C1. The summed E-state index contributed by atoms with van der Waals surface area (Å²) in [5, 5.41) is 3.03. The van der Waals surface area contributed by atoms with E-state index in [0.29, 0.717) is 50.4 Å². The van der Waals surface area contributed by atoms with Gasteiger partial charge in [-0.25, -0.2) is 16.8 Å². The van der Waals surface area contributed by atoms with Crippen molar-refractivity contribution in [1.29, 1.82) is 0 Å². The number of fused-ring (bicyclic) bond motifs is 2. The Morgan fingerprint density at radius 3 is 1.87 bits per heavy atom. The first-order chi connectivity index (χ1) is 32.2. The van der Waals surface area contributed by atoms with Crippen LogP contribution in [-0.4, -0.2) is 119 Å². The molecule has 67 heavy (non-hydrogen) atoms. The molecule has 2 atom stereocenters. The Balaban J connectivity index is 0.000000182. The molecule has 0 bridgehead atoms. The van der Waals surface area contributed by atoms with Crippen LogP contribution in [0.5, 0.6) is 0 Å². The van der Waals surface area contributed by atoms with Gasteiger partial charge in [-0.3, -0.25) is 24.1 Å². The van der Waals surface area contributed by atoms with Gasteiger partial charge in [-0.15, -0.1) is 0 Å². The van der Waals surface area contributed by atoms with Crippen molar-refractivity contribution in [3.8, 4) is 0 Å². The number of rotatable bonds is 11. The lowest BCUT2D eigenvalue weighted by Gasteiger charge is -2.44. The Morgan fingerprint density at radius 1 is 0.612 bits per heavy atom. The second-order valence-electron chi connectivity index (χ2n) is 17.5. The van der Waals surface area contributed by atoms with Gasteiger partial charge in [0.2, 0.25) is 10.0 Å². The van der Waals surface area contributed by atoms with Crippen molar-refractivity contribution in [2.45, 2.75) is 66.1 Å². The summed E-state index contributed by atoms with van der Waals surface area (Å²) in [5.41, 5.74) is 1.98. The predicted molar refractivity (Wildman–Crippen MR) is 251 cm³/mol. The molecular weight excluding hydrogens is 902 g/mol. The molecule has 0 saturated carbocycles. The van der Waals surface area contributed by atoms with Gasteiger partial charge < -0.3 is 10.2 Å². The number of halogens is 3. The van der Waals surface area contributed by atoms with Gasteiger partial charge >= 0.3 is 6.18 Å². The molecular formula is C50H55F3N6O6S2. The molecule has 2 amide bonds. The fraction of sp³-hybridized carbons (Fsp3) is 0.360. The number of carbonyl (C=O) groups excluding carboxylic acids is 2. The van der Waals surface area contributed by atoms with E-state index in [1.165, 1.54) is 30.7 Å². The summed E-state index contributed by atoms with van der Waals surface area (Å²) in [6.45, 7) is 6.33. The maximum absolute atomic E-state index is 13.4. The minimum Gasteiger partial charge on any atom is -0.351 e. The number of benzene rings is 5. The van der Waals surface area contributed by atoms with Crippen molar-refractivity contribution in [2.24, 2.45) is 0 Å². The Labute approximate surface area is 390 Å². The Kier molecular flexibility index (Phi) is 14.8. The number of piperazine rings is 2. The third-order valence-corrected chi connectivity index (χ3v) is 16.4. The van der Waals surface area contributed by atoms with Crippen molar-refractivity contribution < 1.29 is 39.6 Å². The summed E-state index contributed by atoms with van der Waals surface area (Å²) >= 11 is 0. The van der Waals surface area contributed by atoms with Crippen LogP contribution in [0.15, 0.2) is 143 Å². The third-order valence-electron chi connectivity index (χ3n) is 13.1. The second-order valence-corrected chi connectivity index (χ2v) is 21.1. The largest absolute Gasteiger partial charge is 0.416 e. The Morgan fingerprint density at radius 2 is 1.19 bits per heavy atom. The average molecular weight is 957 g/mol. The van der Waals surface area contributed by atoms with Crippen molar-refractivity contribution in [3.63, 3.8) is 0 Å². The zero-order valence-corrected chi connectivity index (χ0v) is 38.7. The molecule has 12 nitrogen and oxygen atoms in total. The Bertz CT molecular complexity index is 2690. The summed E-state index contributed by atoms with van der Waals surface area (Å²) in [6, 6.07) is 36.7. The number of alkyl halides is 3. The fourth-order valence-electron chi connectivity index (χ4n) is 9.48. The van der Waals surface area contributed by atoms with Crippen LogP contribution in [0.1, 0.15) is 75.4 Å². The molecule has 2 unspecified atom stereocenters. The van der Waals surface area contributed by atoms with E-state index in [-0.39, 0.29) is 38.8 Å². The highest BCUT2D eigenvalue weighted by atomic mass is 32.2. The van der Waals surface area contributed by atoms with Gasteiger partial charge in [0.15, 0.2) is 0 Å². The minimum absolute atomic E-state index is 0.00292. The van der Waals surface area contributed by atoms with E-state index in [4.69, 9.17) is 0 Å². The normalized spacial score (nSPS) is 19.4. The summed E-state index contributed by atoms with van der Waals surface area (Å²) in [4.78, 5) is 32.7. The predicted octanol–water partition coefficient (Wildman–Crippen LogP) is 7.53. The van der Waals surface area contributed by atoms with Crippen LogP contribution in [0, 0.1) is 0 Å². The van der Waals surface area contributed by atoms with E-state index in [0.717, 1.165) is 87.3 Å². The molecule has 2 N–H and O–H groups in total. The summed E-state index contributed by atoms with van der Waals surface area (Å²) in [6.07, 6.45) is 1.03. The van der Waals surface area contributed by atoms with Crippen LogP contribution in [0.2, 0.25) is 0 Å². The number of amides is 2. The van der Waals surface area contributed by atoms with E-state index < -0.39 is 31.8 Å². The number of hydrogen-bond acceptors (Lipinski definition) is 8. The number of sulfonamides is 2.